The summed E-state index contributed by atoms with van der Waals surface area (Å²) in [6.07, 6.45) is 0.680. The maximum Gasteiger partial charge on any atom is 0.410 e. The van der Waals surface area contributed by atoms with Gasteiger partial charge in [-0.25, -0.2) is 9.78 Å². The van der Waals surface area contributed by atoms with Gasteiger partial charge in [0.1, 0.15) is 5.60 Å². The van der Waals surface area contributed by atoms with Crippen LogP contribution in [0.5, 0.6) is 0 Å². The molecule has 7 nitrogen and oxygen atoms in total. The number of piperazine rings is 1. The van der Waals surface area contributed by atoms with E-state index in [0.717, 1.165) is 62.0 Å². The van der Waals surface area contributed by atoms with Gasteiger partial charge in [0.2, 0.25) is 0 Å². The highest BCUT2D eigenvalue weighted by molar-refractivity contribution is 5.68. The Labute approximate surface area is 185 Å². The molecule has 0 unspecified atom stereocenters. The Bertz CT molecular complexity index is 918. The lowest BCUT2D eigenvalue weighted by molar-refractivity contribution is 0.0240. The van der Waals surface area contributed by atoms with Crippen LogP contribution in [-0.4, -0.2) is 64.2 Å². The maximum atomic E-state index is 12.3. The Morgan fingerprint density at radius 1 is 1.00 bits per heavy atom. The van der Waals surface area contributed by atoms with E-state index in [-0.39, 0.29) is 6.09 Å². The fourth-order valence-corrected chi connectivity index (χ4v) is 4.18. The number of rotatable bonds is 3. The number of fused-ring (bicyclic) bond motifs is 1. The van der Waals surface area contributed by atoms with Crippen molar-refractivity contribution in [1.29, 1.82) is 0 Å². The second kappa shape index (κ2) is 8.83. The van der Waals surface area contributed by atoms with Crippen molar-refractivity contribution in [2.24, 2.45) is 0 Å². The van der Waals surface area contributed by atoms with Crippen molar-refractivity contribution in [3.05, 3.63) is 53.0 Å². The SMILES string of the molecule is Cc1nc2c(nc1N1CCN(C(=O)OC(C)(C)C)CC1)CCN(Cc1ccccc1)C2. The molecule has 1 fully saturated rings. The van der Waals surface area contributed by atoms with Crippen LogP contribution in [0.25, 0.3) is 0 Å². The van der Waals surface area contributed by atoms with E-state index in [4.69, 9.17) is 14.7 Å². The smallest absolute Gasteiger partial charge is 0.410 e. The van der Waals surface area contributed by atoms with Crippen molar-refractivity contribution < 1.29 is 9.53 Å². The van der Waals surface area contributed by atoms with Crippen LogP contribution in [0, 0.1) is 6.92 Å². The minimum Gasteiger partial charge on any atom is -0.444 e. The fraction of sp³-hybridized carbons (Fsp3) is 0.542. The first-order valence-electron chi connectivity index (χ1n) is 11.1. The van der Waals surface area contributed by atoms with Crippen LogP contribution in [0.2, 0.25) is 0 Å². The van der Waals surface area contributed by atoms with Crippen molar-refractivity contribution in [2.75, 3.05) is 37.6 Å². The lowest BCUT2D eigenvalue weighted by Crippen LogP contribution is -2.50. The van der Waals surface area contributed by atoms with Gasteiger partial charge >= 0.3 is 6.09 Å². The normalized spacial score (nSPS) is 17.4. The van der Waals surface area contributed by atoms with Gasteiger partial charge in [-0.1, -0.05) is 30.3 Å². The van der Waals surface area contributed by atoms with Gasteiger partial charge < -0.3 is 14.5 Å². The molecule has 4 rings (SSSR count). The van der Waals surface area contributed by atoms with E-state index in [9.17, 15) is 4.79 Å². The first-order chi connectivity index (χ1) is 14.8. The van der Waals surface area contributed by atoms with E-state index in [1.54, 1.807) is 4.90 Å². The third-order valence-corrected chi connectivity index (χ3v) is 5.72. The van der Waals surface area contributed by atoms with Crippen molar-refractivity contribution in [1.82, 2.24) is 19.8 Å². The molecule has 1 saturated heterocycles. The molecule has 2 aliphatic heterocycles. The molecular weight excluding hydrogens is 390 g/mol. The summed E-state index contributed by atoms with van der Waals surface area (Å²) >= 11 is 0. The van der Waals surface area contributed by atoms with Gasteiger partial charge in [-0.3, -0.25) is 9.88 Å². The number of anilines is 1. The van der Waals surface area contributed by atoms with Crippen LogP contribution < -0.4 is 4.90 Å². The number of nitrogens with zero attached hydrogens (tertiary/aromatic N) is 5. The highest BCUT2D eigenvalue weighted by atomic mass is 16.6. The zero-order valence-electron chi connectivity index (χ0n) is 19.1. The molecule has 0 N–H and O–H groups in total. The van der Waals surface area contributed by atoms with Gasteiger partial charge in [-0.05, 0) is 33.3 Å². The molecule has 1 aromatic heterocycles. The molecule has 2 aromatic rings. The molecule has 3 heterocycles. The van der Waals surface area contributed by atoms with Gasteiger partial charge in [0.15, 0.2) is 5.82 Å². The Balaban J connectivity index is 1.39. The summed E-state index contributed by atoms with van der Waals surface area (Å²) in [6.45, 7) is 13.3. The summed E-state index contributed by atoms with van der Waals surface area (Å²) in [7, 11) is 0. The molecule has 0 atom stereocenters. The topological polar surface area (TPSA) is 61.8 Å². The summed E-state index contributed by atoms with van der Waals surface area (Å²) in [6, 6.07) is 10.6. The quantitative estimate of drug-likeness (QED) is 0.754. The molecule has 0 saturated carbocycles. The monoisotopic (exact) mass is 423 g/mol. The molecule has 7 heteroatoms. The third kappa shape index (κ3) is 5.34. The van der Waals surface area contributed by atoms with Crippen molar-refractivity contribution in [2.45, 2.75) is 52.8 Å². The maximum absolute atomic E-state index is 12.3. The van der Waals surface area contributed by atoms with E-state index in [2.05, 4.69) is 40.1 Å². The molecule has 166 valence electrons. The van der Waals surface area contributed by atoms with Gasteiger partial charge in [-0.15, -0.1) is 0 Å². The second-order valence-corrected chi connectivity index (χ2v) is 9.43. The number of carbonyl (C=O) groups excluding carboxylic acids is 1. The molecular formula is C24H33N5O2. The molecule has 0 radical (unpaired) electrons. The average molecular weight is 424 g/mol. The highest BCUT2D eigenvalue weighted by Crippen LogP contribution is 2.24. The zero-order chi connectivity index (χ0) is 22.0. The number of amides is 1. The Kier molecular flexibility index (Phi) is 6.14. The van der Waals surface area contributed by atoms with Crippen LogP contribution in [0.15, 0.2) is 30.3 Å². The Morgan fingerprint density at radius 2 is 1.71 bits per heavy atom. The number of benzene rings is 1. The van der Waals surface area contributed by atoms with Gasteiger partial charge in [0.25, 0.3) is 0 Å². The van der Waals surface area contributed by atoms with E-state index in [1.165, 1.54) is 5.56 Å². The lowest BCUT2D eigenvalue weighted by Gasteiger charge is -2.37. The molecule has 31 heavy (non-hydrogen) atoms. The van der Waals surface area contributed by atoms with E-state index >= 15 is 0 Å². The summed E-state index contributed by atoms with van der Waals surface area (Å²) in [5.74, 6) is 0.957. The first-order valence-corrected chi connectivity index (χ1v) is 11.1. The van der Waals surface area contributed by atoms with E-state index in [1.807, 2.05) is 27.7 Å². The highest BCUT2D eigenvalue weighted by Gasteiger charge is 2.28. The largest absolute Gasteiger partial charge is 0.444 e. The van der Waals surface area contributed by atoms with Gasteiger partial charge in [-0.2, -0.15) is 0 Å². The fourth-order valence-electron chi connectivity index (χ4n) is 4.18. The van der Waals surface area contributed by atoms with E-state index in [0.29, 0.717) is 13.1 Å². The molecule has 1 aromatic carbocycles. The van der Waals surface area contributed by atoms with Crippen LogP contribution >= 0.6 is 0 Å². The van der Waals surface area contributed by atoms with Gasteiger partial charge in [0.05, 0.1) is 17.1 Å². The van der Waals surface area contributed by atoms with Crippen LogP contribution in [0.3, 0.4) is 0 Å². The van der Waals surface area contributed by atoms with Gasteiger partial charge in [0, 0.05) is 52.2 Å². The summed E-state index contributed by atoms with van der Waals surface area (Å²) in [5.41, 5.74) is 4.03. The molecule has 2 aliphatic rings. The number of ether oxygens (including phenoxy) is 1. The average Bonchev–Trinajstić information content (AvgIpc) is 2.73. The molecule has 0 spiro atoms. The van der Waals surface area contributed by atoms with Crippen molar-refractivity contribution >= 4 is 11.9 Å². The third-order valence-electron chi connectivity index (χ3n) is 5.72. The summed E-state index contributed by atoms with van der Waals surface area (Å²) in [4.78, 5) is 28.7. The van der Waals surface area contributed by atoms with Crippen LogP contribution in [-0.2, 0) is 24.2 Å². The standard InChI is InChI=1S/C24H33N5O2/c1-18-22(28-12-14-29(15-13-28)23(30)31-24(2,3)4)26-20-10-11-27(17-21(20)25-18)16-19-8-6-5-7-9-19/h5-9H,10-17H2,1-4H3. The second-order valence-electron chi connectivity index (χ2n) is 9.43. The summed E-state index contributed by atoms with van der Waals surface area (Å²) in [5, 5.41) is 0. The lowest BCUT2D eigenvalue weighted by atomic mass is 10.1. The van der Waals surface area contributed by atoms with Crippen LogP contribution in [0.4, 0.5) is 10.6 Å². The predicted molar refractivity (Wildman–Crippen MR) is 121 cm³/mol. The van der Waals surface area contributed by atoms with Crippen molar-refractivity contribution in [3.8, 4) is 0 Å². The van der Waals surface area contributed by atoms with E-state index < -0.39 is 5.60 Å². The molecule has 1 amide bonds. The number of hydrogen-bond donors (Lipinski definition) is 0. The number of hydrogen-bond acceptors (Lipinski definition) is 6. The minimum atomic E-state index is -0.469. The minimum absolute atomic E-state index is 0.237. The van der Waals surface area contributed by atoms with Crippen molar-refractivity contribution in [3.63, 3.8) is 0 Å². The number of aromatic nitrogens is 2. The number of aryl methyl sites for hydroxylation is 1. The zero-order valence-corrected chi connectivity index (χ0v) is 19.1. The number of carbonyl (C=O) groups is 1. The Morgan fingerprint density at radius 3 is 2.39 bits per heavy atom. The van der Waals surface area contributed by atoms with Crippen LogP contribution in [0.1, 0.15) is 43.4 Å². The first kappa shape index (κ1) is 21.6. The summed E-state index contributed by atoms with van der Waals surface area (Å²) < 4.78 is 5.50. The predicted octanol–water partition coefficient (Wildman–Crippen LogP) is 3.40. The molecule has 0 aliphatic carbocycles. The molecule has 0 bridgehead atoms. The Hall–Kier alpha value is -2.67.